The van der Waals surface area contributed by atoms with E-state index >= 15 is 0 Å². The number of hydrogen-bond donors (Lipinski definition) is 1. The van der Waals surface area contributed by atoms with E-state index in [4.69, 9.17) is 4.52 Å². The molecule has 0 unspecified atom stereocenters. The number of nitrogens with one attached hydrogen (secondary N) is 1. The molecule has 1 aliphatic carbocycles. The molecule has 1 aromatic carbocycles. The van der Waals surface area contributed by atoms with E-state index < -0.39 is 11.7 Å². The van der Waals surface area contributed by atoms with Gasteiger partial charge in [0.2, 0.25) is 5.89 Å². The summed E-state index contributed by atoms with van der Waals surface area (Å²) in [6.07, 6.45) is 3.95. The predicted octanol–water partition coefficient (Wildman–Crippen LogP) is 2.87. The topological polar surface area (TPSA) is 84.2 Å². The highest BCUT2D eigenvalue weighted by molar-refractivity contribution is 5.94. The van der Waals surface area contributed by atoms with Gasteiger partial charge in [0.05, 0.1) is 17.2 Å². The zero-order chi connectivity index (χ0) is 21.4. The highest BCUT2D eigenvalue weighted by atomic mass is 19.1. The van der Waals surface area contributed by atoms with Gasteiger partial charge in [-0.1, -0.05) is 35.5 Å². The van der Waals surface area contributed by atoms with Crippen molar-refractivity contribution in [3.8, 4) is 0 Å². The smallest absolute Gasteiger partial charge is 0.254 e. The van der Waals surface area contributed by atoms with E-state index in [1.54, 1.807) is 0 Å². The standard InChI is InChI=1S/C23H24FN5O2/c1-15-26-22(31-28-15)23-10-18(27-21(30)19-7-8-25-11-20(19)24)9-17(23)13-29(14-23)12-16-5-3-2-4-6-16/h2-8,11,17-18H,9-10,12-14H2,1H3,(H,27,30)/t17-,18+,23-/m0/s1. The summed E-state index contributed by atoms with van der Waals surface area (Å²) < 4.78 is 19.6. The predicted molar refractivity (Wildman–Crippen MR) is 111 cm³/mol. The van der Waals surface area contributed by atoms with E-state index in [2.05, 4.69) is 37.5 Å². The van der Waals surface area contributed by atoms with Crippen LogP contribution in [0.15, 0.2) is 53.3 Å². The molecule has 1 saturated carbocycles. The first-order chi connectivity index (χ1) is 15.0. The molecule has 1 amide bonds. The van der Waals surface area contributed by atoms with Gasteiger partial charge in [0, 0.05) is 31.9 Å². The van der Waals surface area contributed by atoms with Crippen LogP contribution in [-0.2, 0) is 12.0 Å². The second-order valence-corrected chi connectivity index (χ2v) is 8.62. The number of pyridine rings is 1. The summed E-state index contributed by atoms with van der Waals surface area (Å²) in [5.41, 5.74) is 0.961. The van der Waals surface area contributed by atoms with Crippen LogP contribution in [0.5, 0.6) is 0 Å². The Balaban J connectivity index is 1.36. The zero-order valence-corrected chi connectivity index (χ0v) is 17.3. The summed E-state index contributed by atoms with van der Waals surface area (Å²) in [6, 6.07) is 11.7. The van der Waals surface area contributed by atoms with Gasteiger partial charge in [-0.05, 0) is 37.3 Å². The minimum Gasteiger partial charge on any atom is -0.349 e. The summed E-state index contributed by atoms with van der Waals surface area (Å²) in [6.45, 7) is 4.33. The first kappa shape index (κ1) is 19.8. The van der Waals surface area contributed by atoms with Crippen molar-refractivity contribution < 1.29 is 13.7 Å². The number of aryl methyl sites for hydroxylation is 1. The SMILES string of the molecule is Cc1noc([C@]23C[C@H](NC(=O)c4ccncc4F)C[C@H]2CN(Cc2ccccc2)C3)n1. The molecule has 0 spiro atoms. The molecule has 3 atom stereocenters. The second-order valence-electron chi connectivity index (χ2n) is 8.62. The van der Waals surface area contributed by atoms with Gasteiger partial charge in [0.1, 0.15) is 0 Å². The fourth-order valence-corrected chi connectivity index (χ4v) is 5.20. The molecule has 1 saturated heterocycles. The van der Waals surface area contributed by atoms with Crippen molar-refractivity contribution in [1.29, 1.82) is 0 Å². The zero-order valence-electron chi connectivity index (χ0n) is 17.3. The van der Waals surface area contributed by atoms with Crippen molar-refractivity contribution in [2.75, 3.05) is 13.1 Å². The number of carbonyl (C=O) groups is 1. The maximum absolute atomic E-state index is 14.0. The van der Waals surface area contributed by atoms with Gasteiger partial charge in [0.15, 0.2) is 11.6 Å². The molecular weight excluding hydrogens is 397 g/mol. The average Bonchev–Trinajstić information content (AvgIpc) is 3.42. The first-order valence-electron chi connectivity index (χ1n) is 10.5. The van der Waals surface area contributed by atoms with Crippen molar-refractivity contribution in [2.24, 2.45) is 5.92 Å². The van der Waals surface area contributed by atoms with Crippen LogP contribution in [0, 0.1) is 18.7 Å². The Morgan fingerprint density at radius 3 is 2.90 bits per heavy atom. The van der Waals surface area contributed by atoms with Crippen molar-refractivity contribution in [1.82, 2.24) is 25.3 Å². The summed E-state index contributed by atoms with van der Waals surface area (Å²) in [5, 5.41) is 7.04. The van der Waals surface area contributed by atoms with Crippen LogP contribution in [-0.4, -0.2) is 45.1 Å². The Morgan fingerprint density at radius 2 is 2.16 bits per heavy atom. The number of halogens is 1. The normalized spacial score (nSPS) is 25.5. The third kappa shape index (κ3) is 3.72. The van der Waals surface area contributed by atoms with Gasteiger partial charge < -0.3 is 9.84 Å². The highest BCUT2D eigenvalue weighted by Gasteiger charge is 2.57. The number of amides is 1. The quantitative estimate of drug-likeness (QED) is 0.682. The second kappa shape index (κ2) is 7.85. The molecule has 2 fully saturated rings. The van der Waals surface area contributed by atoms with Gasteiger partial charge >= 0.3 is 0 Å². The maximum atomic E-state index is 14.0. The van der Waals surface area contributed by atoms with Gasteiger partial charge in [-0.25, -0.2) is 4.39 Å². The minimum atomic E-state index is -0.616. The van der Waals surface area contributed by atoms with Crippen molar-refractivity contribution in [3.63, 3.8) is 0 Å². The molecule has 160 valence electrons. The van der Waals surface area contributed by atoms with E-state index in [1.807, 2.05) is 25.1 Å². The maximum Gasteiger partial charge on any atom is 0.254 e. The lowest BCUT2D eigenvalue weighted by Gasteiger charge is -2.25. The van der Waals surface area contributed by atoms with Crippen LogP contribution in [0.25, 0.3) is 0 Å². The Bertz CT molecular complexity index is 1090. The molecule has 5 rings (SSSR count). The molecule has 1 aliphatic heterocycles. The molecule has 7 nitrogen and oxygen atoms in total. The van der Waals surface area contributed by atoms with Crippen LogP contribution in [0.1, 0.15) is 40.5 Å². The number of hydrogen-bond acceptors (Lipinski definition) is 6. The molecule has 8 heteroatoms. The summed E-state index contributed by atoms with van der Waals surface area (Å²) >= 11 is 0. The van der Waals surface area contributed by atoms with Crippen LogP contribution in [0.4, 0.5) is 4.39 Å². The van der Waals surface area contributed by atoms with Gasteiger partial charge in [-0.2, -0.15) is 4.98 Å². The van der Waals surface area contributed by atoms with Crippen molar-refractivity contribution >= 4 is 5.91 Å². The Morgan fingerprint density at radius 1 is 1.32 bits per heavy atom. The Hall–Kier alpha value is -3.13. The molecular formula is C23H24FN5O2. The number of benzene rings is 1. The number of likely N-dealkylation sites (tertiary alicyclic amines) is 1. The van der Waals surface area contributed by atoms with Crippen LogP contribution in [0.2, 0.25) is 0 Å². The molecule has 3 heterocycles. The van der Waals surface area contributed by atoms with Crippen LogP contribution >= 0.6 is 0 Å². The van der Waals surface area contributed by atoms with E-state index in [-0.39, 0.29) is 22.9 Å². The first-order valence-corrected chi connectivity index (χ1v) is 10.5. The molecule has 2 aliphatic rings. The highest BCUT2D eigenvalue weighted by Crippen LogP contribution is 2.50. The largest absolute Gasteiger partial charge is 0.349 e. The average molecular weight is 421 g/mol. The summed E-state index contributed by atoms with van der Waals surface area (Å²) in [4.78, 5) is 23.3. The fourth-order valence-electron chi connectivity index (χ4n) is 5.20. The Kier molecular flexibility index (Phi) is 5.02. The third-order valence-electron chi connectivity index (χ3n) is 6.50. The molecule has 0 bridgehead atoms. The lowest BCUT2D eigenvalue weighted by Crippen LogP contribution is -2.38. The number of aromatic nitrogens is 3. The third-order valence-corrected chi connectivity index (χ3v) is 6.50. The number of rotatable bonds is 5. The van der Waals surface area contributed by atoms with Crippen LogP contribution in [0.3, 0.4) is 0 Å². The number of carbonyl (C=O) groups excluding carboxylic acids is 1. The molecule has 1 N–H and O–H groups in total. The van der Waals surface area contributed by atoms with Gasteiger partial charge in [0.25, 0.3) is 5.91 Å². The molecule has 3 aromatic rings. The summed E-state index contributed by atoms with van der Waals surface area (Å²) in [7, 11) is 0. The van der Waals surface area contributed by atoms with E-state index in [1.165, 1.54) is 17.8 Å². The van der Waals surface area contributed by atoms with Crippen molar-refractivity contribution in [3.05, 3.63) is 77.5 Å². The lowest BCUT2D eigenvalue weighted by atomic mass is 9.80. The fraction of sp³-hybridized carbons (Fsp3) is 0.391. The Labute approximate surface area is 179 Å². The number of fused-ring (bicyclic) bond motifs is 1. The molecule has 31 heavy (non-hydrogen) atoms. The minimum absolute atomic E-state index is 0.0143. The van der Waals surface area contributed by atoms with Gasteiger partial charge in [-0.15, -0.1) is 0 Å². The van der Waals surface area contributed by atoms with Crippen LogP contribution < -0.4 is 5.32 Å². The van der Waals surface area contributed by atoms with Gasteiger partial charge in [-0.3, -0.25) is 14.7 Å². The molecule has 2 aromatic heterocycles. The monoisotopic (exact) mass is 421 g/mol. The molecule has 0 radical (unpaired) electrons. The van der Waals surface area contributed by atoms with E-state index in [0.29, 0.717) is 18.1 Å². The number of nitrogens with zero attached hydrogens (tertiary/aromatic N) is 4. The van der Waals surface area contributed by atoms with E-state index in [0.717, 1.165) is 32.3 Å². The lowest BCUT2D eigenvalue weighted by molar-refractivity contribution is 0.0929. The van der Waals surface area contributed by atoms with Crippen molar-refractivity contribution in [2.45, 2.75) is 37.8 Å². The summed E-state index contributed by atoms with van der Waals surface area (Å²) in [5.74, 6) is 0.481. The van der Waals surface area contributed by atoms with E-state index in [9.17, 15) is 9.18 Å².